The normalized spacial score (nSPS) is 12.8. The van der Waals surface area contributed by atoms with Crippen LogP contribution in [0.1, 0.15) is 26.7 Å². The number of carboxylic acid groups (broad SMARTS) is 2. The van der Waals surface area contributed by atoms with E-state index in [0.29, 0.717) is 19.4 Å². The summed E-state index contributed by atoms with van der Waals surface area (Å²) in [6, 6.07) is -1.53. The minimum absolute atomic E-state index is 0.0129. The van der Waals surface area contributed by atoms with Crippen molar-refractivity contribution in [1.82, 2.24) is 0 Å². The van der Waals surface area contributed by atoms with Gasteiger partial charge < -0.3 is 33.1 Å². The van der Waals surface area contributed by atoms with Crippen LogP contribution in [0.2, 0.25) is 0 Å². The number of aliphatic carboxylic acids is 2. The molecule has 9 nitrogen and oxygen atoms in total. The van der Waals surface area contributed by atoms with Crippen molar-refractivity contribution in [3.63, 3.8) is 0 Å². The monoisotopic (exact) mass is 291 g/mol. The minimum Gasteiger partial charge on any atom is -0.480 e. The molecule has 0 aromatic carbocycles. The first-order valence-electron chi connectivity index (χ1n) is 6.11. The summed E-state index contributed by atoms with van der Waals surface area (Å²) in [4.78, 5) is 23.9. The molecule has 0 heterocycles. The highest BCUT2D eigenvalue weighted by Gasteiger charge is 2.14. The van der Waals surface area contributed by atoms with Gasteiger partial charge in [0, 0.05) is 6.54 Å². The van der Waals surface area contributed by atoms with Crippen LogP contribution in [0.25, 0.3) is 0 Å². The molecule has 0 aliphatic carbocycles. The summed E-state index contributed by atoms with van der Waals surface area (Å²) in [7, 11) is 0. The lowest BCUT2D eigenvalue weighted by molar-refractivity contribution is -0.140. The van der Waals surface area contributed by atoms with Crippen LogP contribution < -0.4 is 22.9 Å². The number of aliphatic imine (C=N–C) groups is 1. The van der Waals surface area contributed by atoms with Crippen molar-refractivity contribution in [2.24, 2.45) is 33.8 Å². The second-order valence-corrected chi connectivity index (χ2v) is 4.50. The lowest BCUT2D eigenvalue weighted by atomic mass is 10.1. The molecular weight excluding hydrogens is 266 g/mol. The molecule has 0 rings (SSSR count). The van der Waals surface area contributed by atoms with E-state index in [1.165, 1.54) is 0 Å². The van der Waals surface area contributed by atoms with Crippen molar-refractivity contribution in [2.45, 2.75) is 38.8 Å². The zero-order valence-electron chi connectivity index (χ0n) is 11.8. The van der Waals surface area contributed by atoms with E-state index in [0.717, 1.165) is 0 Å². The number of hydrogen-bond donors (Lipinski definition) is 6. The molecule has 2 atom stereocenters. The molecular formula is C11H25N5O4. The first kappa shape index (κ1) is 20.4. The van der Waals surface area contributed by atoms with Crippen molar-refractivity contribution in [3.8, 4) is 0 Å². The molecule has 0 spiro atoms. The third-order valence-corrected chi connectivity index (χ3v) is 2.29. The van der Waals surface area contributed by atoms with Crippen molar-refractivity contribution >= 4 is 17.9 Å². The molecule has 0 aromatic rings. The smallest absolute Gasteiger partial charge is 0.320 e. The molecule has 0 fully saturated rings. The Morgan fingerprint density at radius 2 is 1.60 bits per heavy atom. The van der Waals surface area contributed by atoms with E-state index in [1.807, 2.05) is 0 Å². The number of nitrogens with zero attached hydrogens (tertiary/aromatic N) is 1. The van der Waals surface area contributed by atoms with Gasteiger partial charge in [0.1, 0.15) is 12.1 Å². The Hall–Kier alpha value is -1.87. The lowest BCUT2D eigenvalue weighted by Crippen LogP contribution is -2.34. The Labute approximate surface area is 118 Å². The molecule has 9 heteroatoms. The summed E-state index contributed by atoms with van der Waals surface area (Å²) in [5.74, 6) is -1.90. The fourth-order valence-corrected chi connectivity index (χ4v) is 0.928. The van der Waals surface area contributed by atoms with Crippen LogP contribution >= 0.6 is 0 Å². The van der Waals surface area contributed by atoms with E-state index >= 15 is 0 Å². The predicted octanol–water partition coefficient (Wildman–Crippen LogP) is -1.49. The molecule has 0 aromatic heterocycles. The molecule has 0 radical (unpaired) electrons. The molecule has 1 unspecified atom stereocenters. The van der Waals surface area contributed by atoms with Gasteiger partial charge in [-0.05, 0) is 18.8 Å². The van der Waals surface area contributed by atoms with E-state index in [4.69, 9.17) is 33.1 Å². The maximum absolute atomic E-state index is 10.2. The summed E-state index contributed by atoms with van der Waals surface area (Å²) in [6.45, 7) is 3.97. The second kappa shape index (κ2) is 11.0. The minimum atomic E-state index is -1.00. The van der Waals surface area contributed by atoms with Gasteiger partial charge >= 0.3 is 11.9 Å². The third-order valence-electron chi connectivity index (χ3n) is 2.29. The fourth-order valence-electron chi connectivity index (χ4n) is 0.928. The number of rotatable bonds is 7. The number of carboxylic acids is 2. The molecule has 0 bridgehead atoms. The molecule has 20 heavy (non-hydrogen) atoms. The Bertz CT molecular complexity index is 329. The maximum Gasteiger partial charge on any atom is 0.320 e. The van der Waals surface area contributed by atoms with E-state index in [2.05, 4.69) is 4.99 Å². The van der Waals surface area contributed by atoms with Crippen molar-refractivity contribution < 1.29 is 19.8 Å². The third kappa shape index (κ3) is 12.6. The van der Waals surface area contributed by atoms with Gasteiger partial charge in [-0.1, -0.05) is 13.8 Å². The topological polar surface area (TPSA) is 191 Å². The fraction of sp³-hybridized carbons (Fsp3) is 0.727. The largest absolute Gasteiger partial charge is 0.480 e. The van der Waals surface area contributed by atoms with Gasteiger partial charge in [-0.3, -0.25) is 14.6 Å². The van der Waals surface area contributed by atoms with Crippen LogP contribution in [-0.4, -0.2) is 46.7 Å². The van der Waals surface area contributed by atoms with Crippen molar-refractivity contribution in [2.75, 3.05) is 6.54 Å². The van der Waals surface area contributed by atoms with Gasteiger partial charge in [0.15, 0.2) is 5.96 Å². The van der Waals surface area contributed by atoms with E-state index < -0.39 is 24.0 Å². The average molecular weight is 291 g/mol. The van der Waals surface area contributed by atoms with E-state index in [-0.39, 0.29) is 11.9 Å². The van der Waals surface area contributed by atoms with Crippen LogP contribution in [0.5, 0.6) is 0 Å². The Balaban J connectivity index is 0. The molecule has 0 amide bonds. The lowest BCUT2D eigenvalue weighted by Gasteiger charge is -2.07. The van der Waals surface area contributed by atoms with Crippen LogP contribution in [-0.2, 0) is 9.59 Å². The molecule has 0 aliphatic heterocycles. The van der Waals surface area contributed by atoms with Gasteiger partial charge in [0.25, 0.3) is 0 Å². The Morgan fingerprint density at radius 3 is 1.85 bits per heavy atom. The van der Waals surface area contributed by atoms with E-state index in [1.54, 1.807) is 13.8 Å². The van der Waals surface area contributed by atoms with Gasteiger partial charge in [-0.2, -0.15) is 0 Å². The first-order valence-corrected chi connectivity index (χ1v) is 6.11. The van der Waals surface area contributed by atoms with Crippen molar-refractivity contribution in [1.29, 1.82) is 0 Å². The highest BCUT2D eigenvalue weighted by atomic mass is 16.4. The van der Waals surface area contributed by atoms with Gasteiger partial charge in [-0.15, -0.1) is 0 Å². The van der Waals surface area contributed by atoms with Crippen LogP contribution in [0.4, 0.5) is 0 Å². The summed E-state index contributed by atoms with van der Waals surface area (Å²) in [5.41, 5.74) is 20.5. The molecule has 10 N–H and O–H groups in total. The van der Waals surface area contributed by atoms with Crippen LogP contribution in [0, 0.1) is 5.92 Å². The van der Waals surface area contributed by atoms with Crippen molar-refractivity contribution in [3.05, 3.63) is 0 Å². The zero-order chi connectivity index (χ0) is 16.3. The summed E-state index contributed by atoms with van der Waals surface area (Å²) in [5, 5.41) is 16.6. The molecule has 0 saturated carbocycles. The number of hydrogen-bond acceptors (Lipinski definition) is 5. The maximum atomic E-state index is 10.2. The molecule has 0 aliphatic rings. The molecule has 0 saturated heterocycles. The zero-order valence-corrected chi connectivity index (χ0v) is 11.8. The average Bonchev–Trinajstić information content (AvgIpc) is 2.33. The van der Waals surface area contributed by atoms with Gasteiger partial charge in [-0.25, -0.2) is 0 Å². The second-order valence-electron chi connectivity index (χ2n) is 4.50. The van der Waals surface area contributed by atoms with Crippen LogP contribution in [0.15, 0.2) is 4.99 Å². The van der Waals surface area contributed by atoms with Gasteiger partial charge in [0.05, 0.1) is 0 Å². The highest BCUT2D eigenvalue weighted by Crippen LogP contribution is 1.96. The number of nitrogens with two attached hydrogens (primary N) is 4. The predicted molar refractivity (Wildman–Crippen MR) is 76.0 cm³/mol. The number of carbonyl (C=O) groups is 2. The molecule has 118 valence electrons. The summed E-state index contributed by atoms with van der Waals surface area (Å²) < 4.78 is 0. The summed E-state index contributed by atoms with van der Waals surface area (Å²) >= 11 is 0. The quantitative estimate of drug-likeness (QED) is 0.185. The van der Waals surface area contributed by atoms with Crippen LogP contribution in [0.3, 0.4) is 0 Å². The summed E-state index contributed by atoms with van der Waals surface area (Å²) in [6.07, 6.45) is 0.956. The number of guanidine groups is 1. The Kier molecular flexibility index (Phi) is 11.2. The standard InChI is InChI=1S/C6H14N4O2.C5H11NO2/c7-4(5(11)12)2-1-3-10-6(8)9;1-3(2)4(6)5(7)8/h4H,1-3,7H2,(H,11,12)(H4,8,9,10);3-4H,6H2,1-2H3,(H,7,8)/t;4-/m.0/s1. The van der Waals surface area contributed by atoms with Gasteiger partial charge in [0.2, 0.25) is 0 Å². The Morgan fingerprint density at radius 1 is 1.10 bits per heavy atom. The highest BCUT2D eigenvalue weighted by molar-refractivity contribution is 5.75. The first-order chi connectivity index (χ1) is 9.09. The van der Waals surface area contributed by atoms with E-state index in [9.17, 15) is 9.59 Å². The SMILES string of the molecule is CC(C)[C@H](N)C(=O)O.NC(N)=NCCCC(N)C(=O)O.